The molecule has 0 saturated carbocycles. The summed E-state index contributed by atoms with van der Waals surface area (Å²) in [5, 5.41) is 3.59. The zero-order valence-electron chi connectivity index (χ0n) is 11.8. The van der Waals surface area contributed by atoms with Crippen LogP contribution in [0, 0.1) is 6.92 Å². The summed E-state index contributed by atoms with van der Waals surface area (Å²) >= 11 is 1.53. The lowest BCUT2D eigenvalue weighted by molar-refractivity contribution is -0.116. The molecule has 3 N–H and O–H groups in total. The fraction of sp³-hybridized carbons (Fsp3) is 0.467. The van der Waals surface area contributed by atoms with Crippen molar-refractivity contribution in [2.24, 2.45) is 5.73 Å². The maximum atomic E-state index is 11.8. The monoisotopic (exact) mass is 291 g/mol. The maximum absolute atomic E-state index is 11.8. The Balaban J connectivity index is 1.85. The first-order valence-corrected chi connectivity index (χ1v) is 7.88. The summed E-state index contributed by atoms with van der Waals surface area (Å²) in [5.74, 6) is 0.0504. The second-order valence-electron chi connectivity index (χ2n) is 4.94. The molecule has 0 bridgehead atoms. The topological polar surface area (TPSA) is 68.0 Å². The van der Waals surface area contributed by atoms with Crippen LogP contribution in [0.5, 0.6) is 0 Å². The van der Waals surface area contributed by atoms with Gasteiger partial charge in [-0.3, -0.25) is 4.79 Å². The molecule has 4 nitrogen and oxygen atoms in total. The minimum absolute atomic E-state index is 0.0504. The van der Waals surface area contributed by atoms with Crippen molar-refractivity contribution in [3.8, 4) is 0 Å². The van der Waals surface area contributed by atoms with E-state index in [-0.39, 0.29) is 5.91 Å². The number of hydrogen-bond donors (Lipinski definition) is 2. The molecule has 108 valence electrons. The zero-order chi connectivity index (χ0) is 14.4. The summed E-state index contributed by atoms with van der Waals surface area (Å²) in [6.07, 6.45) is 4.67. The van der Waals surface area contributed by atoms with Gasteiger partial charge in [0.2, 0.25) is 5.91 Å². The minimum Gasteiger partial charge on any atom is -0.330 e. The van der Waals surface area contributed by atoms with Gasteiger partial charge in [0.05, 0.1) is 10.2 Å². The molecule has 0 fully saturated rings. The molecule has 5 heteroatoms. The first-order chi connectivity index (χ1) is 9.70. The molecule has 1 amide bonds. The number of carbonyl (C=O) groups is 1. The highest BCUT2D eigenvalue weighted by atomic mass is 32.1. The number of hydrogen-bond acceptors (Lipinski definition) is 4. The predicted molar refractivity (Wildman–Crippen MR) is 85.1 cm³/mol. The number of rotatable bonds is 7. The van der Waals surface area contributed by atoms with Gasteiger partial charge in [-0.15, -0.1) is 0 Å². The molecule has 1 heterocycles. The van der Waals surface area contributed by atoms with Gasteiger partial charge >= 0.3 is 0 Å². The Labute approximate surface area is 123 Å². The summed E-state index contributed by atoms with van der Waals surface area (Å²) in [5.41, 5.74) is 7.56. The number of unbranched alkanes of at least 4 members (excludes halogenated alkanes) is 3. The molecular weight excluding hydrogens is 270 g/mol. The molecule has 0 saturated heterocycles. The molecule has 2 aromatic rings. The van der Waals surface area contributed by atoms with Crippen LogP contribution in [-0.2, 0) is 4.79 Å². The van der Waals surface area contributed by atoms with E-state index >= 15 is 0 Å². The molecule has 20 heavy (non-hydrogen) atoms. The number of thiazole rings is 1. The van der Waals surface area contributed by atoms with Gasteiger partial charge in [-0.25, -0.2) is 4.98 Å². The van der Waals surface area contributed by atoms with E-state index < -0.39 is 0 Å². The molecule has 2 rings (SSSR count). The van der Waals surface area contributed by atoms with Crippen LogP contribution >= 0.6 is 11.3 Å². The van der Waals surface area contributed by atoms with Crippen molar-refractivity contribution >= 4 is 32.6 Å². The number of nitrogens with one attached hydrogen (secondary N) is 1. The molecule has 0 unspecified atom stereocenters. The number of carbonyl (C=O) groups excluding carboxylic acids is 1. The predicted octanol–water partition coefficient (Wildman–Crippen LogP) is 3.45. The first kappa shape index (κ1) is 14.9. The number of nitrogens with two attached hydrogens (primary N) is 1. The minimum atomic E-state index is 0.0504. The van der Waals surface area contributed by atoms with Crippen molar-refractivity contribution < 1.29 is 4.79 Å². The van der Waals surface area contributed by atoms with Crippen molar-refractivity contribution in [2.75, 3.05) is 11.9 Å². The number of nitrogens with zero attached hydrogens (tertiary/aromatic N) is 1. The fourth-order valence-corrected chi connectivity index (χ4v) is 3.06. The van der Waals surface area contributed by atoms with E-state index in [2.05, 4.69) is 10.3 Å². The smallest absolute Gasteiger partial charge is 0.226 e. The van der Waals surface area contributed by atoms with E-state index in [1.54, 1.807) is 0 Å². The molecule has 0 aliphatic heterocycles. The molecular formula is C15H21N3OS. The standard InChI is InChI=1S/C15H21N3OS/c1-11-7-6-8-12-14(11)18-15(20-12)17-13(19)9-4-2-3-5-10-16/h6-8H,2-5,9-10,16H2,1H3,(H,17,18,19). The Kier molecular flexibility index (Phi) is 5.49. The lowest BCUT2D eigenvalue weighted by Crippen LogP contribution is -2.10. The SMILES string of the molecule is Cc1cccc2sc(NC(=O)CCCCCCN)nc12. The Morgan fingerprint density at radius 3 is 2.85 bits per heavy atom. The molecule has 1 aromatic heterocycles. The van der Waals surface area contributed by atoms with E-state index in [1.165, 1.54) is 11.3 Å². The van der Waals surface area contributed by atoms with Gasteiger partial charge in [0.25, 0.3) is 0 Å². The first-order valence-electron chi connectivity index (χ1n) is 7.07. The third kappa shape index (κ3) is 4.02. The average molecular weight is 291 g/mol. The second kappa shape index (κ2) is 7.36. The largest absolute Gasteiger partial charge is 0.330 e. The van der Waals surface area contributed by atoms with Crippen LogP contribution in [0.15, 0.2) is 18.2 Å². The summed E-state index contributed by atoms with van der Waals surface area (Å²) in [6, 6.07) is 6.08. The van der Waals surface area contributed by atoms with Crippen LogP contribution in [0.1, 0.15) is 37.7 Å². The number of aromatic nitrogens is 1. The van der Waals surface area contributed by atoms with Gasteiger partial charge in [0.15, 0.2) is 5.13 Å². The molecule has 0 radical (unpaired) electrons. The summed E-state index contributed by atoms with van der Waals surface area (Å²) in [7, 11) is 0. The van der Waals surface area contributed by atoms with Gasteiger partial charge in [0.1, 0.15) is 0 Å². The van der Waals surface area contributed by atoms with Crippen LogP contribution in [0.3, 0.4) is 0 Å². The molecule has 0 atom stereocenters. The van der Waals surface area contributed by atoms with Crippen molar-refractivity contribution in [1.29, 1.82) is 0 Å². The van der Waals surface area contributed by atoms with Crippen LogP contribution in [-0.4, -0.2) is 17.4 Å². The fourth-order valence-electron chi connectivity index (χ4n) is 2.10. The van der Waals surface area contributed by atoms with Crippen LogP contribution in [0.25, 0.3) is 10.2 Å². The van der Waals surface area contributed by atoms with Crippen molar-refractivity contribution in [3.05, 3.63) is 23.8 Å². The highest BCUT2D eigenvalue weighted by molar-refractivity contribution is 7.22. The summed E-state index contributed by atoms with van der Waals surface area (Å²) in [4.78, 5) is 16.3. The Morgan fingerprint density at radius 1 is 1.30 bits per heavy atom. The van der Waals surface area contributed by atoms with Gasteiger partial charge < -0.3 is 11.1 Å². The van der Waals surface area contributed by atoms with Crippen LogP contribution in [0.4, 0.5) is 5.13 Å². The van der Waals surface area contributed by atoms with E-state index in [1.807, 2.05) is 25.1 Å². The van der Waals surface area contributed by atoms with Crippen LogP contribution < -0.4 is 11.1 Å². The number of fused-ring (bicyclic) bond motifs is 1. The molecule has 0 aliphatic carbocycles. The lowest BCUT2D eigenvalue weighted by atomic mass is 10.1. The molecule has 0 spiro atoms. The zero-order valence-corrected chi connectivity index (χ0v) is 12.6. The highest BCUT2D eigenvalue weighted by Crippen LogP contribution is 2.27. The summed E-state index contributed by atoms with van der Waals surface area (Å²) in [6.45, 7) is 2.77. The van der Waals surface area contributed by atoms with Crippen molar-refractivity contribution in [2.45, 2.75) is 39.0 Å². The van der Waals surface area contributed by atoms with Crippen molar-refractivity contribution in [1.82, 2.24) is 4.98 Å². The number of benzene rings is 1. The third-order valence-corrected chi connectivity index (χ3v) is 4.16. The molecule has 1 aromatic carbocycles. The van der Waals surface area contributed by atoms with Gasteiger partial charge in [-0.05, 0) is 37.9 Å². The van der Waals surface area contributed by atoms with Gasteiger partial charge in [0, 0.05) is 6.42 Å². The number of para-hydroxylation sites is 1. The maximum Gasteiger partial charge on any atom is 0.226 e. The van der Waals surface area contributed by atoms with E-state index in [0.717, 1.165) is 48.0 Å². The normalized spacial score (nSPS) is 10.9. The number of aryl methyl sites for hydroxylation is 1. The third-order valence-electron chi connectivity index (χ3n) is 3.23. The van der Waals surface area contributed by atoms with Crippen molar-refractivity contribution in [3.63, 3.8) is 0 Å². The summed E-state index contributed by atoms with van der Waals surface area (Å²) < 4.78 is 1.11. The Bertz CT molecular complexity index is 580. The van der Waals surface area contributed by atoms with Gasteiger partial charge in [-0.1, -0.05) is 36.3 Å². The highest BCUT2D eigenvalue weighted by Gasteiger charge is 2.08. The lowest BCUT2D eigenvalue weighted by Gasteiger charge is -2.01. The van der Waals surface area contributed by atoms with E-state index in [9.17, 15) is 4.79 Å². The van der Waals surface area contributed by atoms with E-state index in [0.29, 0.717) is 11.6 Å². The number of amides is 1. The Morgan fingerprint density at radius 2 is 2.10 bits per heavy atom. The van der Waals surface area contributed by atoms with E-state index in [4.69, 9.17) is 5.73 Å². The quantitative estimate of drug-likeness (QED) is 0.768. The van der Waals surface area contributed by atoms with Gasteiger partial charge in [-0.2, -0.15) is 0 Å². The Hall–Kier alpha value is -1.46. The molecule has 0 aliphatic rings. The second-order valence-corrected chi connectivity index (χ2v) is 5.97. The average Bonchev–Trinajstić information content (AvgIpc) is 2.82. The number of anilines is 1. The van der Waals surface area contributed by atoms with Crippen LogP contribution in [0.2, 0.25) is 0 Å².